The first-order valence-electron chi connectivity index (χ1n) is 6.10. The van der Waals surface area contributed by atoms with Gasteiger partial charge >= 0.3 is 0 Å². The summed E-state index contributed by atoms with van der Waals surface area (Å²) in [5, 5.41) is 0.573. The Morgan fingerprint density at radius 1 is 1.00 bits per heavy atom. The van der Waals surface area contributed by atoms with E-state index in [1.807, 2.05) is 42.5 Å². The lowest BCUT2D eigenvalue weighted by atomic mass is 10.0. The maximum atomic E-state index is 12.5. The maximum Gasteiger partial charge on any atom is 0.200 e. The van der Waals surface area contributed by atoms with Gasteiger partial charge in [0.05, 0.1) is 10.9 Å². The van der Waals surface area contributed by atoms with Gasteiger partial charge in [-0.2, -0.15) is 0 Å². The number of hydrogen-bond donors (Lipinski definition) is 1. The first-order chi connectivity index (χ1) is 9.31. The predicted molar refractivity (Wildman–Crippen MR) is 75.8 cm³/mol. The summed E-state index contributed by atoms with van der Waals surface area (Å²) in [6, 6.07) is 15.0. The molecule has 94 valence electrons. The van der Waals surface area contributed by atoms with Crippen LogP contribution in [0.15, 0.2) is 64.0 Å². The molecule has 3 nitrogen and oxygen atoms in total. The van der Waals surface area contributed by atoms with Gasteiger partial charge in [-0.25, -0.2) is 0 Å². The van der Waals surface area contributed by atoms with Gasteiger partial charge < -0.3 is 10.2 Å². The summed E-state index contributed by atoms with van der Waals surface area (Å²) in [4.78, 5) is 12.5. The zero-order chi connectivity index (χ0) is 13.2. The van der Waals surface area contributed by atoms with Crippen molar-refractivity contribution in [1.82, 2.24) is 0 Å². The number of benzene rings is 2. The van der Waals surface area contributed by atoms with Crippen molar-refractivity contribution in [3.63, 3.8) is 0 Å². The second-order valence-electron chi connectivity index (χ2n) is 4.34. The fourth-order valence-corrected chi connectivity index (χ4v) is 2.20. The largest absolute Gasteiger partial charge is 0.463 e. The van der Waals surface area contributed by atoms with Gasteiger partial charge in [0.2, 0.25) is 0 Å². The average Bonchev–Trinajstić information content (AvgIpc) is 2.48. The van der Waals surface area contributed by atoms with Crippen LogP contribution in [-0.4, -0.2) is 0 Å². The summed E-state index contributed by atoms with van der Waals surface area (Å²) in [5.41, 5.74) is 8.48. The van der Waals surface area contributed by atoms with E-state index in [-0.39, 0.29) is 5.43 Å². The van der Waals surface area contributed by atoms with E-state index < -0.39 is 0 Å². The van der Waals surface area contributed by atoms with Gasteiger partial charge in [0.15, 0.2) is 5.43 Å². The molecule has 3 heteroatoms. The van der Waals surface area contributed by atoms with Gasteiger partial charge in [0, 0.05) is 12.1 Å². The summed E-state index contributed by atoms with van der Waals surface area (Å²) in [6.45, 7) is 0.352. The van der Waals surface area contributed by atoms with E-state index in [0.29, 0.717) is 23.1 Å². The van der Waals surface area contributed by atoms with E-state index in [2.05, 4.69) is 0 Å². The number of fused-ring (bicyclic) bond motifs is 1. The molecule has 0 fully saturated rings. The van der Waals surface area contributed by atoms with E-state index in [1.165, 1.54) is 6.26 Å². The molecule has 0 saturated heterocycles. The molecule has 2 N–H and O–H groups in total. The minimum Gasteiger partial charge on any atom is -0.463 e. The summed E-state index contributed by atoms with van der Waals surface area (Å²) in [7, 11) is 0. The molecule has 1 aromatic heterocycles. The van der Waals surface area contributed by atoms with Crippen molar-refractivity contribution in [3.05, 3.63) is 70.6 Å². The van der Waals surface area contributed by atoms with Crippen LogP contribution in [0.4, 0.5) is 0 Å². The number of para-hydroxylation sites is 1. The van der Waals surface area contributed by atoms with Crippen LogP contribution in [0, 0.1) is 0 Å². The van der Waals surface area contributed by atoms with Crippen LogP contribution in [0.1, 0.15) is 5.56 Å². The number of nitrogens with two attached hydrogens (primary N) is 1. The van der Waals surface area contributed by atoms with E-state index >= 15 is 0 Å². The fourth-order valence-electron chi connectivity index (χ4n) is 2.20. The molecule has 0 aliphatic rings. The zero-order valence-corrected chi connectivity index (χ0v) is 10.3. The van der Waals surface area contributed by atoms with Crippen molar-refractivity contribution in [3.8, 4) is 11.1 Å². The normalized spacial score (nSPS) is 10.8. The SMILES string of the molecule is NCc1cccc2c(=O)c(-c3ccccc3)coc12. The molecule has 2 aromatic carbocycles. The molecule has 0 spiro atoms. The van der Waals surface area contributed by atoms with E-state index in [9.17, 15) is 4.79 Å². The second-order valence-corrected chi connectivity index (χ2v) is 4.34. The lowest BCUT2D eigenvalue weighted by molar-refractivity contribution is 0.599. The van der Waals surface area contributed by atoms with Crippen molar-refractivity contribution in [2.45, 2.75) is 6.54 Å². The zero-order valence-electron chi connectivity index (χ0n) is 10.3. The first kappa shape index (κ1) is 11.7. The van der Waals surface area contributed by atoms with Crippen LogP contribution in [0.5, 0.6) is 0 Å². The van der Waals surface area contributed by atoms with Gasteiger partial charge in [0.1, 0.15) is 11.8 Å². The molecule has 1 heterocycles. The van der Waals surface area contributed by atoms with E-state index in [0.717, 1.165) is 11.1 Å². The highest BCUT2D eigenvalue weighted by molar-refractivity contribution is 5.83. The van der Waals surface area contributed by atoms with Gasteiger partial charge in [-0.15, -0.1) is 0 Å². The molecule has 0 amide bonds. The molecule has 0 aliphatic carbocycles. The molecule has 0 aliphatic heterocycles. The van der Waals surface area contributed by atoms with E-state index in [4.69, 9.17) is 10.2 Å². The number of hydrogen-bond acceptors (Lipinski definition) is 3. The Hall–Kier alpha value is -2.39. The molecule has 0 saturated carbocycles. The topological polar surface area (TPSA) is 56.2 Å². The first-order valence-corrected chi connectivity index (χ1v) is 6.10. The van der Waals surface area contributed by atoms with Crippen molar-refractivity contribution in [1.29, 1.82) is 0 Å². The van der Waals surface area contributed by atoms with Gasteiger partial charge in [-0.1, -0.05) is 42.5 Å². The lowest BCUT2D eigenvalue weighted by Crippen LogP contribution is -2.07. The highest BCUT2D eigenvalue weighted by atomic mass is 16.3. The average molecular weight is 251 g/mol. The molecule has 19 heavy (non-hydrogen) atoms. The lowest BCUT2D eigenvalue weighted by Gasteiger charge is -2.05. The van der Waals surface area contributed by atoms with Gasteiger partial charge in [0.25, 0.3) is 0 Å². The summed E-state index contributed by atoms with van der Waals surface area (Å²) < 4.78 is 5.62. The smallest absolute Gasteiger partial charge is 0.200 e. The second kappa shape index (κ2) is 4.71. The Morgan fingerprint density at radius 2 is 1.79 bits per heavy atom. The quantitative estimate of drug-likeness (QED) is 0.761. The minimum absolute atomic E-state index is 0.0252. The third kappa shape index (κ3) is 1.94. The van der Waals surface area contributed by atoms with Crippen LogP contribution >= 0.6 is 0 Å². The van der Waals surface area contributed by atoms with Crippen molar-refractivity contribution in [2.24, 2.45) is 5.73 Å². The van der Waals surface area contributed by atoms with Gasteiger partial charge in [-0.3, -0.25) is 4.79 Å². The maximum absolute atomic E-state index is 12.5. The monoisotopic (exact) mass is 251 g/mol. The van der Waals surface area contributed by atoms with Crippen LogP contribution in [0.25, 0.3) is 22.1 Å². The molecular weight excluding hydrogens is 238 g/mol. The Labute approximate surface area is 110 Å². The van der Waals surface area contributed by atoms with Gasteiger partial charge in [-0.05, 0) is 11.6 Å². The Kier molecular flexibility index (Phi) is 2.89. The van der Waals surface area contributed by atoms with E-state index in [1.54, 1.807) is 6.07 Å². The standard InChI is InChI=1S/C16H13NO2/c17-9-12-7-4-8-13-15(18)14(10-19-16(12)13)11-5-2-1-3-6-11/h1-8,10H,9,17H2. The highest BCUT2D eigenvalue weighted by Gasteiger charge is 2.10. The predicted octanol–water partition coefficient (Wildman–Crippen LogP) is 2.92. The van der Waals surface area contributed by atoms with Crippen LogP contribution in [-0.2, 0) is 6.54 Å². The third-order valence-electron chi connectivity index (χ3n) is 3.19. The summed E-state index contributed by atoms with van der Waals surface area (Å²) >= 11 is 0. The van der Waals surface area contributed by atoms with Crippen LogP contribution in [0.2, 0.25) is 0 Å². The Bertz CT molecular complexity index is 776. The summed E-state index contributed by atoms with van der Waals surface area (Å²) in [6.07, 6.45) is 1.51. The third-order valence-corrected chi connectivity index (χ3v) is 3.19. The Morgan fingerprint density at radius 3 is 2.53 bits per heavy atom. The minimum atomic E-state index is -0.0252. The fraction of sp³-hybridized carbons (Fsp3) is 0.0625. The number of rotatable bonds is 2. The van der Waals surface area contributed by atoms with Crippen LogP contribution in [0.3, 0.4) is 0 Å². The molecule has 3 aromatic rings. The van der Waals surface area contributed by atoms with Crippen molar-refractivity contribution >= 4 is 11.0 Å². The van der Waals surface area contributed by atoms with Crippen molar-refractivity contribution < 1.29 is 4.42 Å². The van der Waals surface area contributed by atoms with Crippen molar-refractivity contribution in [2.75, 3.05) is 0 Å². The Balaban J connectivity index is 2.31. The molecule has 0 unspecified atom stereocenters. The molecule has 0 bridgehead atoms. The molecule has 0 radical (unpaired) electrons. The molecular formula is C16H13NO2. The summed E-state index contributed by atoms with van der Waals surface area (Å²) in [5.74, 6) is 0. The molecule has 3 rings (SSSR count). The highest BCUT2D eigenvalue weighted by Crippen LogP contribution is 2.21. The molecule has 0 atom stereocenters. The van der Waals surface area contributed by atoms with Crippen LogP contribution < -0.4 is 11.2 Å².